The second kappa shape index (κ2) is 12.9. The van der Waals surface area contributed by atoms with E-state index in [1.165, 1.54) is 11.8 Å². The number of para-hydroxylation sites is 1. The van der Waals surface area contributed by atoms with Crippen LogP contribution in [-0.2, 0) is 25.6 Å². The first-order chi connectivity index (χ1) is 18.1. The molecule has 1 aromatic heterocycles. The van der Waals surface area contributed by atoms with Crippen molar-refractivity contribution in [2.75, 3.05) is 13.1 Å². The first-order valence-electron chi connectivity index (χ1n) is 12.6. The third kappa shape index (κ3) is 7.22. The van der Waals surface area contributed by atoms with Crippen LogP contribution in [0.25, 0.3) is 10.9 Å². The van der Waals surface area contributed by atoms with Crippen molar-refractivity contribution < 1.29 is 24.3 Å². The van der Waals surface area contributed by atoms with Gasteiger partial charge in [-0.1, -0.05) is 18.2 Å². The number of fused-ring (bicyclic) bond motifs is 1. The van der Waals surface area contributed by atoms with Crippen LogP contribution in [0.4, 0.5) is 0 Å². The van der Waals surface area contributed by atoms with Crippen molar-refractivity contribution in [2.45, 2.75) is 63.2 Å². The molecule has 38 heavy (non-hydrogen) atoms. The number of guanidine groups is 1. The summed E-state index contributed by atoms with van der Waals surface area (Å²) in [5, 5.41) is 15.3. The lowest BCUT2D eigenvalue weighted by Gasteiger charge is -2.28. The smallest absolute Gasteiger partial charge is 0.325 e. The van der Waals surface area contributed by atoms with E-state index in [9.17, 15) is 24.3 Å². The molecule has 0 bridgehead atoms. The van der Waals surface area contributed by atoms with Crippen LogP contribution in [0.1, 0.15) is 38.2 Å². The summed E-state index contributed by atoms with van der Waals surface area (Å²) in [6.45, 7) is 2.05. The number of carbonyl (C=O) groups excluding carboxylic acids is 3. The highest BCUT2D eigenvalue weighted by Gasteiger charge is 2.37. The Bertz CT molecular complexity index is 1190. The van der Waals surface area contributed by atoms with Crippen LogP contribution in [0.2, 0.25) is 0 Å². The standard InChI is InChI=1S/C25H36N8O5/c1-14(24(37)38)31-21(34)19(12-15-13-30-18-8-3-2-6-16(15)18)32-22(35)20-9-5-11-33(20)23(36)17(26)7-4-10-29-25(27)28/h2-3,6,8,13-14,17,19-20,30H,4-5,7,9-12,26H2,1H3,(H,31,34)(H,32,35)(H,37,38)(H4,27,28,29). The van der Waals surface area contributed by atoms with Gasteiger partial charge < -0.3 is 42.8 Å². The van der Waals surface area contributed by atoms with Gasteiger partial charge in [-0.3, -0.25) is 24.2 Å². The summed E-state index contributed by atoms with van der Waals surface area (Å²) in [5.74, 6) is -2.72. The molecule has 206 valence electrons. The van der Waals surface area contributed by atoms with E-state index < -0.39 is 42.0 Å². The van der Waals surface area contributed by atoms with E-state index in [4.69, 9.17) is 17.2 Å². The number of benzene rings is 1. The molecular formula is C25H36N8O5. The number of H-pyrrole nitrogens is 1. The van der Waals surface area contributed by atoms with Gasteiger partial charge in [-0.2, -0.15) is 0 Å². The van der Waals surface area contributed by atoms with Gasteiger partial charge in [0.15, 0.2) is 5.96 Å². The van der Waals surface area contributed by atoms with Crippen molar-refractivity contribution in [3.8, 4) is 0 Å². The molecule has 1 aliphatic rings. The van der Waals surface area contributed by atoms with Crippen molar-refractivity contribution in [3.63, 3.8) is 0 Å². The summed E-state index contributed by atoms with van der Waals surface area (Å²) in [6, 6.07) is 3.70. The molecule has 0 radical (unpaired) electrons. The molecule has 3 amide bonds. The van der Waals surface area contributed by atoms with Gasteiger partial charge in [-0.25, -0.2) is 0 Å². The highest BCUT2D eigenvalue weighted by Crippen LogP contribution is 2.22. The van der Waals surface area contributed by atoms with Crippen molar-refractivity contribution in [3.05, 3.63) is 36.0 Å². The van der Waals surface area contributed by atoms with Gasteiger partial charge in [-0.15, -0.1) is 0 Å². The Kier molecular flexibility index (Phi) is 9.66. The minimum atomic E-state index is -1.20. The number of hydrogen-bond acceptors (Lipinski definition) is 6. The van der Waals surface area contributed by atoms with E-state index in [2.05, 4.69) is 20.6 Å². The van der Waals surface area contributed by atoms with E-state index in [-0.39, 0.29) is 18.3 Å². The number of nitrogens with zero attached hydrogens (tertiary/aromatic N) is 2. The normalized spacial score (nSPS) is 17.4. The van der Waals surface area contributed by atoms with E-state index in [1.54, 1.807) is 6.20 Å². The van der Waals surface area contributed by atoms with Crippen LogP contribution in [0.5, 0.6) is 0 Å². The molecule has 10 N–H and O–H groups in total. The fraction of sp³-hybridized carbons (Fsp3) is 0.480. The molecule has 2 aromatic rings. The van der Waals surface area contributed by atoms with Gasteiger partial charge in [0, 0.05) is 36.6 Å². The summed E-state index contributed by atoms with van der Waals surface area (Å²) >= 11 is 0. The summed E-state index contributed by atoms with van der Waals surface area (Å²) in [4.78, 5) is 59.2. The maximum Gasteiger partial charge on any atom is 0.325 e. The molecule has 1 aromatic carbocycles. The average Bonchev–Trinajstić information content (AvgIpc) is 3.53. The molecule has 3 rings (SSSR count). The van der Waals surface area contributed by atoms with Gasteiger partial charge in [0.1, 0.15) is 18.1 Å². The number of hydrogen-bond donors (Lipinski definition) is 7. The molecule has 13 heteroatoms. The molecule has 0 aliphatic carbocycles. The third-order valence-electron chi connectivity index (χ3n) is 6.58. The van der Waals surface area contributed by atoms with Gasteiger partial charge in [0.25, 0.3) is 0 Å². The van der Waals surface area contributed by atoms with E-state index >= 15 is 0 Å². The molecule has 0 spiro atoms. The predicted octanol–water partition coefficient (Wildman–Crippen LogP) is -0.844. The number of aromatic amines is 1. The monoisotopic (exact) mass is 528 g/mol. The minimum Gasteiger partial charge on any atom is -0.480 e. The van der Waals surface area contributed by atoms with Crippen molar-refractivity contribution in [2.24, 2.45) is 22.2 Å². The SMILES string of the molecule is CC(NC(=O)C(Cc1c[nH]c2ccccc12)NC(=O)C1CCCN1C(=O)C(N)CCCN=C(N)N)C(=O)O. The maximum absolute atomic E-state index is 13.3. The number of aliphatic imine (C=N–C) groups is 1. The van der Waals surface area contributed by atoms with Crippen molar-refractivity contribution >= 4 is 40.6 Å². The summed E-state index contributed by atoms with van der Waals surface area (Å²) in [6.07, 6.45) is 3.76. The quantitative estimate of drug-likeness (QED) is 0.104. The Morgan fingerprint density at radius 1 is 1.21 bits per heavy atom. The van der Waals surface area contributed by atoms with Crippen LogP contribution in [0, 0.1) is 0 Å². The first-order valence-corrected chi connectivity index (χ1v) is 12.6. The van der Waals surface area contributed by atoms with Gasteiger partial charge >= 0.3 is 5.97 Å². The number of amides is 3. The van der Waals surface area contributed by atoms with Gasteiger partial charge in [-0.05, 0) is 44.2 Å². The molecule has 1 aliphatic heterocycles. The zero-order chi connectivity index (χ0) is 27.8. The number of rotatable bonds is 12. The molecule has 13 nitrogen and oxygen atoms in total. The Hall–Kier alpha value is -4.13. The van der Waals surface area contributed by atoms with Crippen LogP contribution < -0.4 is 27.8 Å². The zero-order valence-electron chi connectivity index (χ0n) is 21.4. The van der Waals surface area contributed by atoms with Crippen LogP contribution in [-0.4, -0.2) is 81.9 Å². The fourth-order valence-electron chi connectivity index (χ4n) is 4.53. The predicted molar refractivity (Wildman–Crippen MR) is 142 cm³/mol. The fourth-order valence-corrected chi connectivity index (χ4v) is 4.53. The second-order valence-corrected chi connectivity index (χ2v) is 9.44. The second-order valence-electron chi connectivity index (χ2n) is 9.44. The zero-order valence-corrected chi connectivity index (χ0v) is 21.4. The maximum atomic E-state index is 13.3. The highest BCUT2D eigenvalue weighted by atomic mass is 16.4. The number of nitrogens with one attached hydrogen (secondary N) is 3. The largest absolute Gasteiger partial charge is 0.480 e. The van der Waals surface area contributed by atoms with Crippen LogP contribution >= 0.6 is 0 Å². The number of aromatic nitrogens is 1. The van der Waals surface area contributed by atoms with E-state index in [0.29, 0.717) is 38.8 Å². The van der Waals surface area contributed by atoms with E-state index in [1.807, 2.05) is 24.3 Å². The van der Waals surface area contributed by atoms with Gasteiger partial charge in [0.2, 0.25) is 17.7 Å². The number of carboxylic acid groups (broad SMARTS) is 1. The molecule has 2 heterocycles. The summed E-state index contributed by atoms with van der Waals surface area (Å²) < 4.78 is 0. The number of carboxylic acids is 1. The van der Waals surface area contributed by atoms with E-state index in [0.717, 1.165) is 16.5 Å². The van der Waals surface area contributed by atoms with Crippen molar-refractivity contribution in [1.82, 2.24) is 20.5 Å². The number of likely N-dealkylation sites (tertiary alicyclic amines) is 1. The highest BCUT2D eigenvalue weighted by molar-refractivity contribution is 5.95. The number of nitrogens with two attached hydrogens (primary N) is 3. The molecule has 1 fully saturated rings. The van der Waals surface area contributed by atoms with Gasteiger partial charge in [0.05, 0.1) is 6.04 Å². The Balaban J connectivity index is 1.72. The number of aliphatic carboxylic acids is 1. The lowest BCUT2D eigenvalue weighted by Crippen LogP contribution is -2.56. The Morgan fingerprint density at radius 3 is 2.66 bits per heavy atom. The van der Waals surface area contributed by atoms with Crippen molar-refractivity contribution in [1.29, 1.82) is 0 Å². The minimum absolute atomic E-state index is 0.0369. The lowest BCUT2D eigenvalue weighted by molar-refractivity contribution is -0.142. The summed E-state index contributed by atoms with van der Waals surface area (Å²) in [7, 11) is 0. The molecule has 4 unspecified atom stereocenters. The van der Waals surface area contributed by atoms with Crippen LogP contribution in [0.15, 0.2) is 35.5 Å². The average molecular weight is 529 g/mol. The number of carbonyl (C=O) groups is 4. The topological polar surface area (TPSA) is 222 Å². The molecule has 1 saturated heterocycles. The Morgan fingerprint density at radius 2 is 1.95 bits per heavy atom. The van der Waals surface area contributed by atoms with Crippen LogP contribution in [0.3, 0.4) is 0 Å². The first kappa shape index (κ1) is 28.4. The summed E-state index contributed by atoms with van der Waals surface area (Å²) in [5.41, 5.74) is 18.4. The third-order valence-corrected chi connectivity index (χ3v) is 6.58. The molecule has 0 saturated carbocycles. The Labute approximate surface area is 220 Å². The molecule has 4 atom stereocenters. The lowest BCUT2D eigenvalue weighted by atomic mass is 10.0. The molecular weight excluding hydrogens is 492 g/mol.